The molecule has 0 bridgehead atoms. The van der Waals surface area contributed by atoms with Gasteiger partial charge in [-0.2, -0.15) is 0 Å². The SMILES string of the molecule is CC(C)CNC(=O)C[C@H]1C(=O)NCCN1CC(c1ccccc1)c1ccccc1. The molecule has 2 N–H and O–H groups in total. The Kier molecular flexibility index (Phi) is 7.42. The molecule has 0 aromatic heterocycles. The number of carbonyl (C=O) groups is 2. The summed E-state index contributed by atoms with van der Waals surface area (Å²) in [5.41, 5.74) is 2.43. The van der Waals surface area contributed by atoms with Crippen molar-refractivity contribution in [2.24, 2.45) is 5.92 Å². The van der Waals surface area contributed by atoms with Gasteiger partial charge in [0.05, 0.1) is 12.5 Å². The Bertz CT molecular complexity index is 753. The number of nitrogens with zero attached hydrogens (tertiary/aromatic N) is 1. The van der Waals surface area contributed by atoms with Gasteiger partial charge in [0, 0.05) is 32.1 Å². The summed E-state index contributed by atoms with van der Waals surface area (Å²) in [6.07, 6.45) is 0.189. The lowest BCUT2D eigenvalue weighted by molar-refractivity contribution is -0.134. The van der Waals surface area contributed by atoms with Gasteiger partial charge in [0.2, 0.25) is 11.8 Å². The molecule has 0 spiro atoms. The number of piperazine rings is 1. The highest BCUT2D eigenvalue weighted by molar-refractivity contribution is 5.88. The first-order chi connectivity index (χ1) is 14.0. The average Bonchev–Trinajstić information content (AvgIpc) is 2.74. The zero-order valence-electron chi connectivity index (χ0n) is 17.3. The third-order valence-electron chi connectivity index (χ3n) is 5.35. The molecule has 0 unspecified atom stereocenters. The van der Waals surface area contributed by atoms with E-state index in [0.717, 1.165) is 6.54 Å². The van der Waals surface area contributed by atoms with Gasteiger partial charge in [-0.15, -0.1) is 0 Å². The fraction of sp³-hybridized carbons (Fsp3) is 0.417. The highest BCUT2D eigenvalue weighted by Crippen LogP contribution is 2.27. The number of rotatable bonds is 8. The standard InChI is InChI=1S/C24H31N3O2/c1-18(2)16-26-23(28)15-22-24(29)25-13-14-27(22)17-21(19-9-5-3-6-10-19)20-11-7-4-8-12-20/h3-12,18,21-22H,13-17H2,1-2H3,(H,25,29)(H,26,28)/t22-/m0/s1. The fourth-order valence-corrected chi connectivity index (χ4v) is 3.78. The number of benzene rings is 2. The number of carbonyl (C=O) groups excluding carboxylic acids is 2. The molecule has 0 saturated carbocycles. The number of amides is 2. The molecule has 2 amide bonds. The second-order valence-corrected chi connectivity index (χ2v) is 8.08. The Labute approximate surface area is 173 Å². The third kappa shape index (κ3) is 5.91. The van der Waals surface area contributed by atoms with E-state index in [1.165, 1.54) is 11.1 Å². The molecule has 29 heavy (non-hydrogen) atoms. The van der Waals surface area contributed by atoms with Crippen molar-refractivity contribution in [1.82, 2.24) is 15.5 Å². The molecule has 1 aliphatic rings. The Morgan fingerprint density at radius 2 is 1.66 bits per heavy atom. The van der Waals surface area contributed by atoms with E-state index in [1.807, 2.05) is 36.4 Å². The van der Waals surface area contributed by atoms with Gasteiger partial charge in [-0.3, -0.25) is 14.5 Å². The minimum atomic E-state index is -0.439. The molecule has 1 fully saturated rings. The van der Waals surface area contributed by atoms with Crippen LogP contribution in [0.15, 0.2) is 60.7 Å². The zero-order valence-corrected chi connectivity index (χ0v) is 17.3. The summed E-state index contributed by atoms with van der Waals surface area (Å²) in [5, 5.41) is 5.87. The van der Waals surface area contributed by atoms with Crippen molar-refractivity contribution in [1.29, 1.82) is 0 Å². The summed E-state index contributed by atoms with van der Waals surface area (Å²) < 4.78 is 0. The average molecular weight is 394 g/mol. The maximum Gasteiger partial charge on any atom is 0.237 e. The minimum Gasteiger partial charge on any atom is -0.356 e. The zero-order chi connectivity index (χ0) is 20.6. The van der Waals surface area contributed by atoms with E-state index in [4.69, 9.17) is 0 Å². The molecular weight excluding hydrogens is 362 g/mol. The summed E-state index contributed by atoms with van der Waals surface area (Å²) in [4.78, 5) is 27.2. The molecule has 5 nitrogen and oxygen atoms in total. The summed E-state index contributed by atoms with van der Waals surface area (Å²) in [5.74, 6) is 0.401. The molecule has 1 saturated heterocycles. The first-order valence-corrected chi connectivity index (χ1v) is 10.4. The van der Waals surface area contributed by atoms with Crippen LogP contribution < -0.4 is 10.6 Å². The van der Waals surface area contributed by atoms with Crippen molar-refractivity contribution >= 4 is 11.8 Å². The lowest BCUT2D eigenvalue weighted by atomic mass is 9.90. The number of hydrogen-bond acceptors (Lipinski definition) is 3. The van der Waals surface area contributed by atoms with Gasteiger partial charge in [0.25, 0.3) is 0 Å². The fourth-order valence-electron chi connectivity index (χ4n) is 3.78. The lowest BCUT2D eigenvalue weighted by Gasteiger charge is -2.37. The molecule has 1 atom stereocenters. The molecule has 2 aromatic rings. The predicted molar refractivity (Wildman–Crippen MR) is 116 cm³/mol. The van der Waals surface area contributed by atoms with Gasteiger partial charge in [0.15, 0.2) is 0 Å². The maximum absolute atomic E-state index is 12.6. The van der Waals surface area contributed by atoms with Crippen molar-refractivity contribution in [3.63, 3.8) is 0 Å². The van der Waals surface area contributed by atoms with E-state index in [2.05, 4.69) is 53.6 Å². The highest BCUT2D eigenvalue weighted by atomic mass is 16.2. The second kappa shape index (κ2) is 10.2. The van der Waals surface area contributed by atoms with Crippen LogP contribution >= 0.6 is 0 Å². The van der Waals surface area contributed by atoms with Crippen molar-refractivity contribution < 1.29 is 9.59 Å². The molecule has 5 heteroatoms. The first kappa shape index (κ1) is 21.1. The third-order valence-corrected chi connectivity index (χ3v) is 5.35. The summed E-state index contributed by atoms with van der Waals surface area (Å²) in [6, 6.07) is 20.3. The summed E-state index contributed by atoms with van der Waals surface area (Å²) in [7, 11) is 0. The second-order valence-electron chi connectivity index (χ2n) is 8.08. The molecule has 1 aliphatic heterocycles. The van der Waals surface area contributed by atoms with E-state index in [-0.39, 0.29) is 24.2 Å². The van der Waals surface area contributed by atoms with Crippen LogP contribution in [0.1, 0.15) is 37.3 Å². The molecule has 0 radical (unpaired) electrons. The van der Waals surface area contributed by atoms with Gasteiger partial charge in [0.1, 0.15) is 0 Å². The summed E-state index contributed by atoms with van der Waals surface area (Å²) >= 11 is 0. The van der Waals surface area contributed by atoms with Crippen LogP contribution in [-0.4, -0.2) is 48.9 Å². The van der Waals surface area contributed by atoms with E-state index in [0.29, 0.717) is 25.6 Å². The van der Waals surface area contributed by atoms with Gasteiger partial charge in [-0.1, -0.05) is 74.5 Å². The van der Waals surface area contributed by atoms with Crippen LogP contribution in [-0.2, 0) is 9.59 Å². The molecule has 1 heterocycles. The smallest absolute Gasteiger partial charge is 0.237 e. The van der Waals surface area contributed by atoms with E-state index in [9.17, 15) is 9.59 Å². The first-order valence-electron chi connectivity index (χ1n) is 10.4. The summed E-state index contributed by atoms with van der Waals surface area (Å²) in [6.45, 7) is 6.80. The Hall–Kier alpha value is -2.66. The predicted octanol–water partition coefficient (Wildman–Crippen LogP) is 2.78. The minimum absolute atomic E-state index is 0.0594. The van der Waals surface area contributed by atoms with Crippen LogP contribution in [0.4, 0.5) is 0 Å². The molecular formula is C24H31N3O2. The van der Waals surface area contributed by atoms with Crippen molar-refractivity contribution in [3.8, 4) is 0 Å². The van der Waals surface area contributed by atoms with Crippen molar-refractivity contribution in [2.45, 2.75) is 32.2 Å². The van der Waals surface area contributed by atoms with Crippen LogP contribution in [0.25, 0.3) is 0 Å². The van der Waals surface area contributed by atoms with Gasteiger partial charge >= 0.3 is 0 Å². The van der Waals surface area contributed by atoms with Gasteiger partial charge in [-0.05, 0) is 17.0 Å². The van der Waals surface area contributed by atoms with Crippen LogP contribution in [0.5, 0.6) is 0 Å². The quantitative estimate of drug-likeness (QED) is 0.725. The Morgan fingerprint density at radius 3 is 2.21 bits per heavy atom. The van der Waals surface area contributed by atoms with Crippen LogP contribution in [0.2, 0.25) is 0 Å². The topological polar surface area (TPSA) is 61.4 Å². The maximum atomic E-state index is 12.6. The number of nitrogens with one attached hydrogen (secondary N) is 2. The number of hydrogen-bond donors (Lipinski definition) is 2. The van der Waals surface area contributed by atoms with Crippen LogP contribution in [0, 0.1) is 5.92 Å². The monoisotopic (exact) mass is 393 g/mol. The largest absolute Gasteiger partial charge is 0.356 e. The molecule has 2 aromatic carbocycles. The van der Waals surface area contributed by atoms with Crippen molar-refractivity contribution in [3.05, 3.63) is 71.8 Å². The normalized spacial score (nSPS) is 17.4. The molecule has 154 valence electrons. The molecule has 3 rings (SSSR count). The van der Waals surface area contributed by atoms with Gasteiger partial charge in [-0.25, -0.2) is 0 Å². The van der Waals surface area contributed by atoms with Crippen LogP contribution in [0.3, 0.4) is 0 Å². The van der Waals surface area contributed by atoms with E-state index < -0.39 is 6.04 Å². The highest BCUT2D eigenvalue weighted by Gasteiger charge is 2.33. The van der Waals surface area contributed by atoms with E-state index >= 15 is 0 Å². The lowest BCUT2D eigenvalue weighted by Crippen LogP contribution is -2.57. The molecule has 0 aliphatic carbocycles. The van der Waals surface area contributed by atoms with Crippen molar-refractivity contribution in [2.75, 3.05) is 26.2 Å². The Morgan fingerprint density at radius 1 is 1.07 bits per heavy atom. The van der Waals surface area contributed by atoms with E-state index in [1.54, 1.807) is 0 Å². The van der Waals surface area contributed by atoms with Gasteiger partial charge < -0.3 is 10.6 Å². The Balaban J connectivity index is 1.79.